The molecule has 0 aromatic heterocycles. The second-order valence-corrected chi connectivity index (χ2v) is 6.69. The van der Waals surface area contributed by atoms with Crippen LogP contribution in [0.4, 0.5) is 0 Å². The van der Waals surface area contributed by atoms with Crippen LogP contribution in [0.1, 0.15) is 34.6 Å². The van der Waals surface area contributed by atoms with Crippen molar-refractivity contribution in [2.24, 2.45) is 11.8 Å². The van der Waals surface area contributed by atoms with E-state index >= 15 is 0 Å². The number of carboxylic acid groups (broad SMARTS) is 1. The molecule has 106 valence electrons. The summed E-state index contributed by atoms with van der Waals surface area (Å²) in [7, 11) is -1.69. The molecule has 18 heavy (non-hydrogen) atoms. The number of amides is 1. The zero-order valence-corrected chi connectivity index (χ0v) is 12.4. The van der Waals surface area contributed by atoms with Crippen LogP contribution >= 0.6 is 0 Å². The Bertz CT molecular complexity index is 328. The van der Waals surface area contributed by atoms with Crippen molar-refractivity contribution in [3.63, 3.8) is 0 Å². The third kappa shape index (κ3) is 5.62. The number of carbonyl (C=O) groups is 2. The van der Waals surface area contributed by atoms with E-state index < -0.39 is 22.0 Å². The molecule has 0 aliphatic rings. The Labute approximate surface area is 111 Å². The SMILES string of the molecule is CC(C)C(C)NC(=O)CS(=O)C(C(=O)O)C(C)C. The summed E-state index contributed by atoms with van der Waals surface area (Å²) in [5, 5.41) is 10.7. The lowest BCUT2D eigenvalue weighted by atomic mass is 10.1. The highest BCUT2D eigenvalue weighted by Crippen LogP contribution is 2.10. The molecule has 0 aliphatic heterocycles. The number of aliphatic carboxylic acids is 1. The van der Waals surface area contributed by atoms with Crippen LogP contribution in [0, 0.1) is 11.8 Å². The number of carboxylic acids is 1. The zero-order chi connectivity index (χ0) is 14.5. The van der Waals surface area contributed by atoms with Crippen LogP contribution in [0.2, 0.25) is 0 Å². The molecule has 0 saturated carbocycles. The van der Waals surface area contributed by atoms with E-state index in [-0.39, 0.29) is 29.5 Å². The first-order chi connectivity index (χ1) is 8.16. The number of hydrogen-bond donors (Lipinski definition) is 2. The number of nitrogens with one attached hydrogen (secondary N) is 1. The summed E-state index contributed by atoms with van der Waals surface area (Å²) >= 11 is 0. The fraction of sp³-hybridized carbons (Fsp3) is 0.833. The first-order valence-corrected chi connectivity index (χ1v) is 7.44. The van der Waals surface area contributed by atoms with Gasteiger partial charge >= 0.3 is 5.97 Å². The van der Waals surface area contributed by atoms with Crippen molar-refractivity contribution < 1.29 is 18.9 Å². The molecule has 0 radical (unpaired) electrons. The van der Waals surface area contributed by atoms with Gasteiger partial charge in [0.1, 0.15) is 11.0 Å². The number of carbonyl (C=O) groups excluding carboxylic acids is 1. The molecule has 1 amide bonds. The van der Waals surface area contributed by atoms with Gasteiger partial charge in [-0.05, 0) is 18.8 Å². The largest absolute Gasteiger partial charge is 0.480 e. The molecule has 0 saturated heterocycles. The summed E-state index contributed by atoms with van der Waals surface area (Å²) in [4.78, 5) is 22.6. The molecule has 0 heterocycles. The van der Waals surface area contributed by atoms with Gasteiger partial charge in [-0.3, -0.25) is 13.8 Å². The molecular formula is C12H23NO4S. The number of rotatable bonds is 7. The Kier molecular flexibility index (Phi) is 7.13. The molecule has 2 N–H and O–H groups in total. The predicted octanol–water partition coefficient (Wildman–Crippen LogP) is 1.00. The van der Waals surface area contributed by atoms with Crippen molar-refractivity contribution >= 4 is 22.7 Å². The van der Waals surface area contributed by atoms with Gasteiger partial charge in [-0.15, -0.1) is 0 Å². The second kappa shape index (κ2) is 7.51. The van der Waals surface area contributed by atoms with Crippen LogP contribution < -0.4 is 5.32 Å². The minimum absolute atomic E-state index is 0.0168. The quantitative estimate of drug-likeness (QED) is 0.727. The van der Waals surface area contributed by atoms with Crippen LogP contribution in [0.3, 0.4) is 0 Å². The average Bonchev–Trinajstić information content (AvgIpc) is 2.14. The Morgan fingerprint density at radius 2 is 1.61 bits per heavy atom. The molecule has 0 spiro atoms. The highest BCUT2D eigenvalue weighted by atomic mass is 32.2. The van der Waals surface area contributed by atoms with Crippen LogP contribution in [0.15, 0.2) is 0 Å². The standard InChI is InChI=1S/C12H23NO4S/c1-7(2)9(5)13-10(14)6-18(17)11(8(3)4)12(15)16/h7-9,11H,6H2,1-5H3,(H,13,14)(H,15,16). The summed E-state index contributed by atoms with van der Waals surface area (Å²) in [5.74, 6) is -1.72. The molecule has 3 atom stereocenters. The van der Waals surface area contributed by atoms with E-state index in [4.69, 9.17) is 5.11 Å². The minimum Gasteiger partial charge on any atom is -0.480 e. The molecule has 0 aliphatic carbocycles. The predicted molar refractivity (Wildman–Crippen MR) is 71.7 cm³/mol. The first-order valence-electron chi connectivity index (χ1n) is 6.06. The average molecular weight is 277 g/mol. The molecule has 3 unspecified atom stereocenters. The van der Waals surface area contributed by atoms with E-state index in [9.17, 15) is 13.8 Å². The van der Waals surface area contributed by atoms with Gasteiger partial charge in [0.15, 0.2) is 0 Å². The first kappa shape index (κ1) is 17.1. The molecule has 0 fully saturated rings. The van der Waals surface area contributed by atoms with Crippen molar-refractivity contribution in [1.29, 1.82) is 0 Å². The monoisotopic (exact) mass is 277 g/mol. The summed E-state index contributed by atoms with van der Waals surface area (Å²) in [6, 6.07) is -0.0168. The summed E-state index contributed by atoms with van der Waals surface area (Å²) in [5.41, 5.74) is 0. The minimum atomic E-state index is -1.69. The Morgan fingerprint density at radius 3 is 1.94 bits per heavy atom. The molecule has 5 nitrogen and oxygen atoms in total. The lowest BCUT2D eigenvalue weighted by Crippen LogP contribution is -2.42. The van der Waals surface area contributed by atoms with Crippen LogP contribution in [0.5, 0.6) is 0 Å². The van der Waals surface area contributed by atoms with Crippen molar-refractivity contribution in [3.8, 4) is 0 Å². The smallest absolute Gasteiger partial charge is 0.319 e. The highest BCUT2D eigenvalue weighted by Gasteiger charge is 2.29. The lowest BCUT2D eigenvalue weighted by Gasteiger charge is -2.19. The van der Waals surface area contributed by atoms with Crippen molar-refractivity contribution in [2.45, 2.75) is 45.9 Å². The van der Waals surface area contributed by atoms with E-state index in [1.165, 1.54) is 0 Å². The maximum absolute atomic E-state index is 11.9. The fourth-order valence-electron chi connectivity index (χ4n) is 1.38. The van der Waals surface area contributed by atoms with Gasteiger partial charge in [-0.25, -0.2) is 0 Å². The second-order valence-electron chi connectivity index (χ2n) is 5.13. The Morgan fingerprint density at radius 1 is 1.11 bits per heavy atom. The van der Waals surface area contributed by atoms with Gasteiger partial charge in [0, 0.05) is 16.8 Å². The van der Waals surface area contributed by atoms with Crippen molar-refractivity contribution in [1.82, 2.24) is 5.32 Å². The van der Waals surface area contributed by atoms with Gasteiger partial charge in [0.25, 0.3) is 0 Å². The zero-order valence-electron chi connectivity index (χ0n) is 11.6. The van der Waals surface area contributed by atoms with Crippen molar-refractivity contribution in [3.05, 3.63) is 0 Å². The van der Waals surface area contributed by atoms with Gasteiger partial charge in [-0.2, -0.15) is 0 Å². The third-order valence-electron chi connectivity index (χ3n) is 2.79. The van der Waals surface area contributed by atoms with Crippen LogP contribution in [-0.4, -0.2) is 38.2 Å². The van der Waals surface area contributed by atoms with Gasteiger partial charge < -0.3 is 10.4 Å². The third-order valence-corrected chi connectivity index (χ3v) is 4.65. The van der Waals surface area contributed by atoms with E-state index in [1.807, 2.05) is 20.8 Å². The molecule has 0 bridgehead atoms. The van der Waals surface area contributed by atoms with E-state index in [1.54, 1.807) is 13.8 Å². The van der Waals surface area contributed by atoms with Crippen LogP contribution in [-0.2, 0) is 20.4 Å². The molecule has 0 aromatic rings. The van der Waals surface area contributed by atoms with E-state index in [0.29, 0.717) is 0 Å². The van der Waals surface area contributed by atoms with E-state index in [2.05, 4.69) is 5.32 Å². The molecule has 0 aromatic carbocycles. The molecular weight excluding hydrogens is 254 g/mol. The lowest BCUT2D eigenvalue weighted by molar-refractivity contribution is -0.137. The van der Waals surface area contributed by atoms with Gasteiger partial charge in [-0.1, -0.05) is 27.7 Å². The van der Waals surface area contributed by atoms with E-state index in [0.717, 1.165) is 0 Å². The maximum Gasteiger partial charge on any atom is 0.319 e. The summed E-state index contributed by atoms with van der Waals surface area (Å²) in [6.07, 6.45) is 0. The Hall–Kier alpha value is -0.910. The maximum atomic E-state index is 11.9. The van der Waals surface area contributed by atoms with Crippen LogP contribution in [0.25, 0.3) is 0 Å². The fourth-order valence-corrected chi connectivity index (χ4v) is 2.74. The van der Waals surface area contributed by atoms with Crippen molar-refractivity contribution in [2.75, 3.05) is 5.75 Å². The summed E-state index contributed by atoms with van der Waals surface area (Å²) in [6.45, 7) is 9.17. The summed E-state index contributed by atoms with van der Waals surface area (Å²) < 4.78 is 11.9. The van der Waals surface area contributed by atoms with Gasteiger partial charge in [0.05, 0.1) is 0 Å². The highest BCUT2D eigenvalue weighted by molar-refractivity contribution is 7.87. The number of hydrogen-bond acceptors (Lipinski definition) is 3. The van der Waals surface area contributed by atoms with Gasteiger partial charge in [0.2, 0.25) is 5.91 Å². The normalized spacial score (nSPS) is 16.4. The molecule has 6 heteroatoms. The topological polar surface area (TPSA) is 83.5 Å². The Balaban J connectivity index is 4.47. The molecule has 0 rings (SSSR count).